The van der Waals surface area contributed by atoms with Gasteiger partial charge < -0.3 is 4.74 Å². The third-order valence-corrected chi connectivity index (χ3v) is 4.64. The van der Waals surface area contributed by atoms with E-state index in [0.29, 0.717) is 22.6 Å². The lowest BCUT2D eigenvalue weighted by atomic mass is 10.1. The van der Waals surface area contributed by atoms with E-state index >= 15 is 0 Å². The number of imide groups is 2. The number of nitrogens with zero attached hydrogens (tertiary/aromatic N) is 1. The molecule has 1 N–H and O–H groups in total. The Kier molecular flexibility index (Phi) is 5.57. The Balaban J connectivity index is 1.58. The minimum absolute atomic E-state index is 0.0302. The molecule has 1 heterocycles. The van der Waals surface area contributed by atoms with Crippen molar-refractivity contribution in [3.05, 3.63) is 101 Å². The first kappa shape index (κ1) is 20.0. The van der Waals surface area contributed by atoms with Gasteiger partial charge in [0.1, 0.15) is 23.7 Å². The quantitative estimate of drug-likeness (QED) is 0.503. The molecular weight excluding hydrogens is 399 g/mol. The molecule has 7 heteroatoms. The van der Waals surface area contributed by atoms with Crippen LogP contribution in [0.15, 0.2) is 84.4 Å². The topological polar surface area (TPSA) is 75.7 Å². The van der Waals surface area contributed by atoms with Gasteiger partial charge in [0.2, 0.25) is 0 Å². The average Bonchev–Trinajstić information content (AvgIpc) is 2.77. The van der Waals surface area contributed by atoms with E-state index in [1.807, 2.05) is 0 Å². The number of rotatable bonds is 5. The molecule has 154 valence electrons. The van der Waals surface area contributed by atoms with E-state index in [2.05, 4.69) is 5.32 Å². The number of barbiturate groups is 1. The van der Waals surface area contributed by atoms with Gasteiger partial charge in [-0.15, -0.1) is 0 Å². The fraction of sp³-hybridized carbons (Fsp3) is 0.0417. The second-order valence-corrected chi connectivity index (χ2v) is 6.75. The molecule has 3 aromatic rings. The van der Waals surface area contributed by atoms with E-state index in [-0.39, 0.29) is 18.0 Å². The minimum Gasteiger partial charge on any atom is -0.489 e. The summed E-state index contributed by atoms with van der Waals surface area (Å²) in [4.78, 5) is 38.3. The molecule has 31 heavy (non-hydrogen) atoms. The van der Waals surface area contributed by atoms with Gasteiger partial charge in [0.15, 0.2) is 0 Å². The molecule has 0 spiro atoms. The van der Waals surface area contributed by atoms with Crippen LogP contribution in [0.4, 0.5) is 14.9 Å². The van der Waals surface area contributed by atoms with Gasteiger partial charge in [0.25, 0.3) is 11.8 Å². The second-order valence-electron chi connectivity index (χ2n) is 6.75. The normalized spacial score (nSPS) is 15.2. The molecular formula is C24H17FN2O4. The molecule has 1 aliphatic rings. The molecule has 3 aromatic carbocycles. The first-order valence-electron chi connectivity index (χ1n) is 9.46. The van der Waals surface area contributed by atoms with Gasteiger partial charge in [-0.1, -0.05) is 48.5 Å². The molecule has 0 saturated carbocycles. The molecule has 0 atom stereocenters. The summed E-state index contributed by atoms with van der Waals surface area (Å²) in [6.07, 6.45) is 1.38. The summed E-state index contributed by atoms with van der Waals surface area (Å²) in [6.45, 7) is 0.0302. The van der Waals surface area contributed by atoms with Crippen LogP contribution in [0.1, 0.15) is 11.1 Å². The number of halogens is 1. The zero-order chi connectivity index (χ0) is 21.8. The summed E-state index contributed by atoms with van der Waals surface area (Å²) in [5, 5.41) is 2.18. The second kappa shape index (κ2) is 8.62. The van der Waals surface area contributed by atoms with Gasteiger partial charge in [0, 0.05) is 5.56 Å². The van der Waals surface area contributed by atoms with Crippen molar-refractivity contribution < 1.29 is 23.5 Å². The molecule has 0 aromatic heterocycles. The van der Waals surface area contributed by atoms with E-state index in [4.69, 9.17) is 4.74 Å². The number of hydrogen-bond donors (Lipinski definition) is 1. The SMILES string of the molecule is O=C1NC(=O)N(c2ccccc2)C(=O)/C1=C\c1cccc(OCc2ccccc2F)c1. The van der Waals surface area contributed by atoms with E-state index in [1.54, 1.807) is 72.8 Å². The van der Waals surface area contributed by atoms with Gasteiger partial charge in [-0.25, -0.2) is 14.1 Å². The Hall–Kier alpha value is -4.26. The molecule has 6 nitrogen and oxygen atoms in total. The molecule has 0 aliphatic carbocycles. The Bertz CT molecular complexity index is 1190. The molecule has 1 saturated heterocycles. The number of amides is 4. The van der Waals surface area contributed by atoms with Crippen molar-refractivity contribution in [3.8, 4) is 5.75 Å². The molecule has 4 rings (SSSR count). The number of anilines is 1. The summed E-state index contributed by atoms with van der Waals surface area (Å²) < 4.78 is 19.4. The third kappa shape index (κ3) is 4.35. The standard InChI is InChI=1S/C24H17FN2O4/c25-21-12-5-4-8-17(21)15-31-19-11-6-7-16(13-19)14-20-22(28)26-24(30)27(23(20)29)18-9-2-1-3-10-18/h1-14H,15H2,(H,26,28,30)/b20-14-. The van der Waals surface area contributed by atoms with Crippen molar-refractivity contribution >= 4 is 29.6 Å². The van der Waals surface area contributed by atoms with Crippen LogP contribution >= 0.6 is 0 Å². The Morgan fingerprint density at radius 3 is 2.42 bits per heavy atom. The van der Waals surface area contributed by atoms with Gasteiger partial charge >= 0.3 is 6.03 Å². The Morgan fingerprint density at radius 1 is 0.903 bits per heavy atom. The highest BCUT2D eigenvalue weighted by molar-refractivity contribution is 6.39. The van der Waals surface area contributed by atoms with E-state index in [1.165, 1.54) is 12.1 Å². The number of carbonyl (C=O) groups is 3. The maximum absolute atomic E-state index is 13.8. The van der Waals surface area contributed by atoms with Crippen molar-refractivity contribution in [2.75, 3.05) is 4.90 Å². The van der Waals surface area contributed by atoms with Crippen molar-refractivity contribution in [1.29, 1.82) is 0 Å². The lowest BCUT2D eigenvalue weighted by Crippen LogP contribution is -2.54. The van der Waals surface area contributed by atoms with Crippen LogP contribution in [-0.4, -0.2) is 17.8 Å². The van der Waals surface area contributed by atoms with Crippen LogP contribution in [0.25, 0.3) is 6.08 Å². The van der Waals surface area contributed by atoms with Crippen molar-refractivity contribution in [1.82, 2.24) is 5.32 Å². The smallest absolute Gasteiger partial charge is 0.335 e. The van der Waals surface area contributed by atoms with Crippen LogP contribution in [0.2, 0.25) is 0 Å². The molecule has 4 amide bonds. The highest BCUT2D eigenvalue weighted by Crippen LogP contribution is 2.23. The van der Waals surface area contributed by atoms with Crippen molar-refractivity contribution in [3.63, 3.8) is 0 Å². The number of benzene rings is 3. The fourth-order valence-electron chi connectivity index (χ4n) is 3.11. The lowest BCUT2D eigenvalue weighted by molar-refractivity contribution is -0.122. The summed E-state index contributed by atoms with van der Waals surface area (Å²) in [5.74, 6) is -1.43. The monoisotopic (exact) mass is 416 g/mol. The highest BCUT2D eigenvalue weighted by atomic mass is 19.1. The predicted molar refractivity (Wildman–Crippen MR) is 113 cm³/mol. The van der Waals surface area contributed by atoms with Gasteiger partial charge in [-0.2, -0.15) is 0 Å². The number of ether oxygens (including phenoxy) is 1. The summed E-state index contributed by atoms with van der Waals surface area (Å²) in [7, 11) is 0. The number of para-hydroxylation sites is 1. The Morgan fingerprint density at radius 2 is 1.65 bits per heavy atom. The van der Waals surface area contributed by atoms with Gasteiger partial charge in [0.05, 0.1) is 5.69 Å². The zero-order valence-corrected chi connectivity index (χ0v) is 16.2. The summed E-state index contributed by atoms with van der Waals surface area (Å²) >= 11 is 0. The number of nitrogens with one attached hydrogen (secondary N) is 1. The first-order chi connectivity index (χ1) is 15.0. The maximum Gasteiger partial charge on any atom is 0.335 e. The van der Waals surface area contributed by atoms with Crippen LogP contribution in [0.3, 0.4) is 0 Å². The first-order valence-corrected chi connectivity index (χ1v) is 9.46. The van der Waals surface area contributed by atoms with Crippen LogP contribution < -0.4 is 15.0 Å². The van der Waals surface area contributed by atoms with E-state index < -0.39 is 17.8 Å². The third-order valence-electron chi connectivity index (χ3n) is 4.64. The molecule has 0 bridgehead atoms. The molecule has 0 unspecified atom stereocenters. The predicted octanol–water partition coefficient (Wildman–Crippen LogP) is 4.07. The largest absolute Gasteiger partial charge is 0.489 e. The van der Waals surface area contributed by atoms with Crippen LogP contribution in [-0.2, 0) is 16.2 Å². The van der Waals surface area contributed by atoms with Gasteiger partial charge in [-0.3, -0.25) is 14.9 Å². The molecule has 1 fully saturated rings. The highest BCUT2D eigenvalue weighted by Gasteiger charge is 2.36. The van der Waals surface area contributed by atoms with Crippen LogP contribution in [0, 0.1) is 5.82 Å². The molecule has 0 radical (unpaired) electrons. The Labute approximate surface area is 177 Å². The summed E-state index contributed by atoms with van der Waals surface area (Å²) in [5.41, 5.74) is 1.09. The molecule has 1 aliphatic heterocycles. The maximum atomic E-state index is 13.8. The van der Waals surface area contributed by atoms with E-state index in [9.17, 15) is 18.8 Å². The van der Waals surface area contributed by atoms with Crippen LogP contribution in [0.5, 0.6) is 5.75 Å². The van der Waals surface area contributed by atoms with Crippen molar-refractivity contribution in [2.45, 2.75) is 6.61 Å². The minimum atomic E-state index is -0.805. The number of carbonyl (C=O) groups excluding carboxylic acids is 3. The average molecular weight is 416 g/mol. The van der Waals surface area contributed by atoms with Gasteiger partial charge in [-0.05, 0) is 42.0 Å². The number of urea groups is 1. The van der Waals surface area contributed by atoms with Crippen molar-refractivity contribution in [2.24, 2.45) is 0 Å². The lowest BCUT2D eigenvalue weighted by Gasteiger charge is -2.26. The van der Waals surface area contributed by atoms with E-state index in [0.717, 1.165) is 4.90 Å². The fourth-order valence-corrected chi connectivity index (χ4v) is 3.11. The summed E-state index contributed by atoms with van der Waals surface area (Å²) in [6, 6.07) is 20.5. The number of hydrogen-bond acceptors (Lipinski definition) is 4. The zero-order valence-electron chi connectivity index (χ0n) is 16.2.